The molecule has 6 nitrogen and oxygen atoms in total. The van der Waals surface area contributed by atoms with Gasteiger partial charge in [-0.2, -0.15) is 0 Å². The first-order valence-electron chi connectivity index (χ1n) is 10.3. The zero-order valence-electron chi connectivity index (χ0n) is 17.4. The first kappa shape index (κ1) is 20.5. The van der Waals surface area contributed by atoms with Crippen molar-refractivity contribution in [3.8, 4) is 17.4 Å². The maximum Gasteiger partial charge on any atom is 0.264 e. The fourth-order valence-electron chi connectivity index (χ4n) is 3.31. The van der Waals surface area contributed by atoms with Gasteiger partial charge in [0.1, 0.15) is 18.8 Å². The third-order valence-corrected chi connectivity index (χ3v) is 4.76. The number of fused-ring (bicyclic) bond motifs is 1. The summed E-state index contributed by atoms with van der Waals surface area (Å²) in [4.78, 5) is 19.5. The highest BCUT2D eigenvalue weighted by Crippen LogP contribution is 2.35. The van der Waals surface area contributed by atoms with Crippen LogP contribution in [0.2, 0.25) is 0 Å². The van der Waals surface area contributed by atoms with Crippen molar-refractivity contribution in [3.63, 3.8) is 0 Å². The van der Waals surface area contributed by atoms with Gasteiger partial charge in [0, 0.05) is 24.5 Å². The largest absolute Gasteiger partial charge is 0.486 e. The van der Waals surface area contributed by atoms with Crippen molar-refractivity contribution >= 4 is 17.7 Å². The molecule has 2 aromatic carbocycles. The number of ether oxygens (including phenoxy) is 3. The van der Waals surface area contributed by atoms with Gasteiger partial charge in [-0.15, -0.1) is 0 Å². The fourth-order valence-corrected chi connectivity index (χ4v) is 3.31. The van der Waals surface area contributed by atoms with Crippen LogP contribution in [0.4, 0.5) is 5.69 Å². The molecule has 0 N–H and O–H groups in total. The van der Waals surface area contributed by atoms with Gasteiger partial charge in [-0.1, -0.05) is 42.5 Å². The van der Waals surface area contributed by atoms with Crippen LogP contribution in [0.15, 0.2) is 72.9 Å². The average molecular weight is 416 g/mol. The molecule has 4 rings (SSSR count). The Bertz CT molecular complexity index is 1070. The van der Waals surface area contributed by atoms with Crippen molar-refractivity contribution in [2.24, 2.45) is 0 Å². The van der Waals surface area contributed by atoms with E-state index in [2.05, 4.69) is 4.98 Å². The Hall–Kier alpha value is -3.80. The van der Waals surface area contributed by atoms with Crippen molar-refractivity contribution < 1.29 is 19.0 Å². The van der Waals surface area contributed by atoms with Crippen LogP contribution in [0.5, 0.6) is 17.4 Å². The summed E-state index contributed by atoms with van der Waals surface area (Å²) in [7, 11) is 0. The van der Waals surface area contributed by atoms with Crippen LogP contribution in [0.25, 0.3) is 6.08 Å². The number of hydrogen-bond donors (Lipinski definition) is 0. The Morgan fingerprint density at radius 3 is 2.68 bits per heavy atom. The Morgan fingerprint density at radius 2 is 1.87 bits per heavy atom. The van der Waals surface area contributed by atoms with Crippen LogP contribution < -0.4 is 19.1 Å². The minimum atomic E-state index is -0.203. The number of nitrogens with zero attached hydrogens (tertiary/aromatic N) is 2. The van der Waals surface area contributed by atoms with Gasteiger partial charge in [-0.05, 0) is 36.8 Å². The van der Waals surface area contributed by atoms with E-state index in [0.717, 1.165) is 5.56 Å². The van der Waals surface area contributed by atoms with E-state index >= 15 is 0 Å². The Kier molecular flexibility index (Phi) is 6.47. The topological polar surface area (TPSA) is 60.9 Å². The highest BCUT2D eigenvalue weighted by atomic mass is 16.6. The van der Waals surface area contributed by atoms with Crippen molar-refractivity contribution in [1.82, 2.24) is 4.98 Å². The molecule has 3 aromatic rings. The van der Waals surface area contributed by atoms with Crippen LogP contribution in [0.1, 0.15) is 22.8 Å². The molecule has 1 aromatic heterocycles. The van der Waals surface area contributed by atoms with Crippen LogP contribution in [-0.2, 0) is 0 Å². The molecule has 2 heterocycles. The third kappa shape index (κ3) is 4.86. The van der Waals surface area contributed by atoms with Crippen molar-refractivity contribution in [1.29, 1.82) is 0 Å². The normalized spacial score (nSPS) is 12.5. The molecule has 0 aliphatic carbocycles. The molecule has 1 aliphatic heterocycles. The van der Waals surface area contributed by atoms with Gasteiger partial charge in [0.25, 0.3) is 5.91 Å². The molecule has 6 heteroatoms. The lowest BCUT2D eigenvalue weighted by Gasteiger charge is -2.25. The lowest BCUT2D eigenvalue weighted by molar-refractivity contribution is 0.0985. The van der Waals surface area contributed by atoms with E-state index in [4.69, 9.17) is 14.2 Å². The summed E-state index contributed by atoms with van der Waals surface area (Å²) < 4.78 is 16.9. The van der Waals surface area contributed by atoms with Crippen molar-refractivity contribution in [2.75, 3.05) is 31.3 Å². The molecule has 1 aliphatic rings. The van der Waals surface area contributed by atoms with Gasteiger partial charge in [-0.3, -0.25) is 4.79 Å². The second-order valence-corrected chi connectivity index (χ2v) is 6.85. The Morgan fingerprint density at radius 1 is 1.06 bits per heavy atom. The van der Waals surface area contributed by atoms with E-state index in [0.29, 0.717) is 55.0 Å². The molecule has 0 saturated heterocycles. The number of aromatic nitrogens is 1. The zero-order valence-corrected chi connectivity index (χ0v) is 17.4. The van der Waals surface area contributed by atoms with E-state index in [9.17, 15) is 4.79 Å². The highest BCUT2D eigenvalue weighted by molar-refractivity contribution is 6.08. The zero-order chi connectivity index (χ0) is 21.5. The van der Waals surface area contributed by atoms with Crippen LogP contribution >= 0.6 is 0 Å². The summed E-state index contributed by atoms with van der Waals surface area (Å²) in [5, 5.41) is 0. The van der Waals surface area contributed by atoms with E-state index in [1.807, 2.05) is 67.6 Å². The summed E-state index contributed by atoms with van der Waals surface area (Å²) in [6, 6.07) is 18.9. The van der Waals surface area contributed by atoms with E-state index in [1.165, 1.54) is 0 Å². The fraction of sp³-hybridized carbons (Fsp3) is 0.200. The highest BCUT2D eigenvalue weighted by Gasteiger charge is 2.23. The molecule has 0 atom stereocenters. The summed E-state index contributed by atoms with van der Waals surface area (Å²) in [6.07, 6.45) is 5.57. The van der Waals surface area contributed by atoms with E-state index < -0.39 is 0 Å². The minimum Gasteiger partial charge on any atom is -0.486 e. The summed E-state index contributed by atoms with van der Waals surface area (Å²) >= 11 is 0. The SMILES string of the molecule is CCOc1ncccc1C(=O)N(C/C=C/c1ccccc1)c1ccc2c(c1)OCCO2. The molecule has 0 unspecified atom stereocenters. The first-order chi connectivity index (χ1) is 15.3. The number of anilines is 1. The lowest BCUT2D eigenvalue weighted by Crippen LogP contribution is -2.32. The molecular weight excluding hydrogens is 392 g/mol. The van der Waals surface area contributed by atoms with Gasteiger partial charge in [0.05, 0.1) is 6.61 Å². The van der Waals surface area contributed by atoms with Gasteiger partial charge in [0.15, 0.2) is 11.5 Å². The molecule has 0 bridgehead atoms. The number of pyridine rings is 1. The summed E-state index contributed by atoms with van der Waals surface area (Å²) in [6.45, 7) is 3.66. The molecule has 0 spiro atoms. The van der Waals surface area contributed by atoms with Crippen molar-refractivity contribution in [3.05, 3.63) is 84.1 Å². The average Bonchev–Trinajstić information content (AvgIpc) is 2.82. The maximum absolute atomic E-state index is 13.6. The second kappa shape index (κ2) is 9.80. The Balaban J connectivity index is 1.67. The van der Waals surface area contributed by atoms with Crippen LogP contribution in [0, 0.1) is 0 Å². The predicted octanol–water partition coefficient (Wildman–Crippen LogP) is 4.61. The van der Waals surface area contributed by atoms with Crippen LogP contribution in [0.3, 0.4) is 0 Å². The summed E-state index contributed by atoms with van der Waals surface area (Å²) in [5.41, 5.74) is 2.18. The smallest absolute Gasteiger partial charge is 0.264 e. The van der Waals surface area contributed by atoms with Gasteiger partial charge in [0.2, 0.25) is 5.88 Å². The maximum atomic E-state index is 13.6. The molecule has 31 heavy (non-hydrogen) atoms. The van der Waals surface area contributed by atoms with E-state index in [1.54, 1.807) is 23.2 Å². The molecule has 0 fully saturated rings. The van der Waals surface area contributed by atoms with Crippen LogP contribution in [-0.4, -0.2) is 37.3 Å². The first-order valence-corrected chi connectivity index (χ1v) is 10.3. The number of benzene rings is 2. The number of rotatable bonds is 7. The molecular formula is C25H24N2O4. The van der Waals surface area contributed by atoms with E-state index in [-0.39, 0.29) is 5.91 Å². The monoisotopic (exact) mass is 416 g/mol. The summed E-state index contributed by atoms with van der Waals surface area (Å²) in [5.74, 6) is 1.43. The Labute approximate surface area is 181 Å². The van der Waals surface area contributed by atoms with Crippen molar-refractivity contribution in [2.45, 2.75) is 6.92 Å². The molecule has 1 amide bonds. The second-order valence-electron chi connectivity index (χ2n) is 6.85. The number of carbonyl (C=O) groups excluding carboxylic acids is 1. The number of carbonyl (C=O) groups is 1. The lowest BCUT2D eigenvalue weighted by atomic mass is 10.1. The number of amides is 1. The van der Waals surface area contributed by atoms with Gasteiger partial charge in [-0.25, -0.2) is 4.98 Å². The standard InChI is InChI=1S/C25H24N2O4/c1-2-29-24-21(11-6-14-26-24)25(28)27(15-7-10-19-8-4-3-5-9-19)20-12-13-22-23(18-20)31-17-16-30-22/h3-14,18H,2,15-17H2,1H3/b10-7+. The molecule has 0 saturated carbocycles. The molecule has 0 radical (unpaired) electrons. The van der Waals surface area contributed by atoms with Gasteiger partial charge < -0.3 is 19.1 Å². The molecule has 158 valence electrons. The third-order valence-electron chi connectivity index (χ3n) is 4.76. The predicted molar refractivity (Wildman–Crippen MR) is 120 cm³/mol. The quantitative estimate of drug-likeness (QED) is 0.563. The minimum absolute atomic E-state index is 0.203. The number of hydrogen-bond acceptors (Lipinski definition) is 5. The van der Waals surface area contributed by atoms with Gasteiger partial charge >= 0.3 is 0 Å².